The van der Waals surface area contributed by atoms with Crippen molar-refractivity contribution < 1.29 is 13.2 Å². The molecule has 2 atom stereocenters. The zero-order valence-corrected chi connectivity index (χ0v) is 14.5. The maximum atomic E-state index is 11.7. The fourth-order valence-corrected chi connectivity index (χ4v) is 4.34. The second-order valence-corrected chi connectivity index (χ2v) is 8.57. The lowest BCUT2D eigenvalue weighted by atomic mass is 9.97. The maximum Gasteiger partial charge on any atom is 0.150 e. The number of benzene rings is 1. The summed E-state index contributed by atoms with van der Waals surface area (Å²) in [6, 6.07) is 5.51. The average Bonchev–Trinajstić information content (AvgIpc) is 2.40. The van der Waals surface area contributed by atoms with Gasteiger partial charge in [-0.05, 0) is 37.5 Å². The van der Waals surface area contributed by atoms with E-state index in [9.17, 15) is 8.42 Å². The largest absolute Gasteiger partial charge is 0.490 e. The van der Waals surface area contributed by atoms with Gasteiger partial charge in [0.2, 0.25) is 0 Å². The summed E-state index contributed by atoms with van der Waals surface area (Å²) in [5, 5.41) is 1.05. The predicted molar refractivity (Wildman–Crippen MR) is 85.6 cm³/mol. The molecule has 20 heavy (non-hydrogen) atoms. The number of ether oxygens (including phenoxy) is 1. The van der Waals surface area contributed by atoms with E-state index in [0.29, 0.717) is 16.8 Å². The molecule has 0 aliphatic heterocycles. The zero-order chi connectivity index (χ0) is 14.8. The van der Waals surface area contributed by atoms with Gasteiger partial charge in [0, 0.05) is 28.6 Å². The third-order valence-corrected chi connectivity index (χ3v) is 6.12. The Kier molecular flexibility index (Phi) is 5.37. The smallest absolute Gasteiger partial charge is 0.150 e. The van der Waals surface area contributed by atoms with Crippen LogP contribution in [0.2, 0.25) is 5.02 Å². The standard InChI is InChI=1S/C14H18BrClO3S/c1-20(17,18)13-4-2-3-12(8-13)19-14-6-5-11(16)7-10(14)9-15/h5-7,12-13H,2-4,8-9H2,1H3. The molecule has 0 bridgehead atoms. The van der Waals surface area contributed by atoms with E-state index in [1.807, 2.05) is 12.1 Å². The SMILES string of the molecule is CS(=O)(=O)C1CCCC(Oc2ccc(Cl)cc2CBr)C1. The molecule has 2 rings (SSSR count). The van der Waals surface area contributed by atoms with Crippen molar-refractivity contribution in [1.82, 2.24) is 0 Å². The highest BCUT2D eigenvalue weighted by atomic mass is 79.9. The van der Waals surface area contributed by atoms with Gasteiger partial charge in [-0.2, -0.15) is 0 Å². The van der Waals surface area contributed by atoms with Gasteiger partial charge in [0.05, 0.1) is 11.4 Å². The molecule has 1 aliphatic rings. The fraction of sp³-hybridized carbons (Fsp3) is 0.571. The van der Waals surface area contributed by atoms with Crippen molar-refractivity contribution in [3.05, 3.63) is 28.8 Å². The predicted octanol–water partition coefficient (Wildman–Crippen LogP) is 3.97. The highest BCUT2D eigenvalue weighted by Gasteiger charge is 2.30. The van der Waals surface area contributed by atoms with Gasteiger partial charge >= 0.3 is 0 Å². The van der Waals surface area contributed by atoms with Crippen molar-refractivity contribution >= 4 is 37.4 Å². The maximum absolute atomic E-state index is 11.7. The number of hydrogen-bond acceptors (Lipinski definition) is 3. The van der Waals surface area contributed by atoms with Crippen LogP contribution >= 0.6 is 27.5 Å². The summed E-state index contributed by atoms with van der Waals surface area (Å²) in [6.45, 7) is 0. The van der Waals surface area contributed by atoms with E-state index in [1.165, 1.54) is 6.26 Å². The van der Waals surface area contributed by atoms with Crippen LogP contribution in [0.25, 0.3) is 0 Å². The summed E-state index contributed by atoms with van der Waals surface area (Å²) < 4.78 is 29.3. The molecule has 0 amide bonds. The molecule has 0 aromatic heterocycles. The van der Waals surface area contributed by atoms with Gasteiger partial charge in [0.25, 0.3) is 0 Å². The summed E-state index contributed by atoms with van der Waals surface area (Å²) in [5.41, 5.74) is 0.985. The Hall–Kier alpha value is -0.260. The van der Waals surface area contributed by atoms with Gasteiger partial charge in [-0.1, -0.05) is 27.5 Å². The second-order valence-electron chi connectivity index (χ2n) is 5.24. The van der Waals surface area contributed by atoms with Crippen molar-refractivity contribution in [2.45, 2.75) is 42.4 Å². The lowest BCUT2D eigenvalue weighted by Gasteiger charge is -2.29. The molecule has 6 heteroatoms. The molecule has 2 unspecified atom stereocenters. The van der Waals surface area contributed by atoms with Crippen LogP contribution in [0.1, 0.15) is 31.2 Å². The quantitative estimate of drug-likeness (QED) is 0.741. The molecule has 1 fully saturated rings. The van der Waals surface area contributed by atoms with Crippen molar-refractivity contribution in [1.29, 1.82) is 0 Å². The van der Waals surface area contributed by atoms with Gasteiger partial charge < -0.3 is 4.74 Å². The van der Waals surface area contributed by atoms with Gasteiger partial charge in [-0.3, -0.25) is 0 Å². The summed E-state index contributed by atoms with van der Waals surface area (Å²) in [5.74, 6) is 0.783. The highest BCUT2D eigenvalue weighted by molar-refractivity contribution is 9.08. The highest BCUT2D eigenvalue weighted by Crippen LogP contribution is 2.31. The molecule has 1 aromatic rings. The van der Waals surface area contributed by atoms with Crippen LogP contribution < -0.4 is 4.74 Å². The van der Waals surface area contributed by atoms with Crippen LogP contribution in [-0.4, -0.2) is 26.0 Å². The molecular formula is C14H18BrClO3S. The summed E-state index contributed by atoms with van der Waals surface area (Å²) in [4.78, 5) is 0. The van der Waals surface area contributed by atoms with Gasteiger partial charge in [-0.25, -0.2) is 8.42 Å². The third-order valence-electron chi connectivity index (χ3n) is 3.64. The zero-order valence-electron chi connectivity index (χ0n) is 11.3. The monoisotopic (exact) mass is 380 g/mol. The first-order valence-corrected chi connectivity index (χ1v) is 10.1. The molecule has 1 aliphatic carbocycles. The lowest BCUT2D eigenvalue weighted by Crippen LogP contribution is -2.33. The minimum Gasteiger partial charge on any atom is -0.490 e. The van der Waals surface area contributed by atoms with Crippen molar-refractivity contribution in [3.63, 3.8) is 0 Å². The van der Waals surface area contributed by atoms with E-state index < -0.39 is 9.84 Å². The number of rotatable bonds is 4. The molecule has 0 N–H and O–H groups in total. The van der Waals surface area contributed by atoms with Crippen LogP contribution in [-0.2, 0) is 15.2 Å². The summed E-state index contributed by atoms with van der Waals surface area (Å²) >= 11 is 9.38. The van der Waals surface area contributed by atoms with Gasteiger partial charge in [0.15, 0.2) is 0 Å². The van der Waals surface area contributed by atoms with Crippen LogP contribution in [0.4, 0.5) is 0 Å². The average molecular weight is 382 g/mol. The molecule has 0 heterocycles. The van der Waals surface area contributed by atoms with Crippen molar-refractivity contribution in [2.24, 2.45) is 0 Å². The Balaban J connectivity index is 2.10. The Bertz CT molecular complexity index is 574. The minimum atomic E-state index is -2.98. The number of alkyl halides is 1. The van der Waals surface area contributed by atoms with E-state index in [-0.39, 0.29) is 11.4 Å². The molecular weight excluding hydrogens is 364 g/mol. The molecule has 3 nitrogen and oxygen atoms in total. The molecule has 1 saturated carbocycles. The lowest BCUT2D eigenvalue weighted by molar-refractivity contribution is 0.155. The first kappa shape index (κ1) is 16.1. The third kappa shape index (κ3) is 4.12. The van der Waals surface area contributed by atoms with E-state index in [4.69, 9.17) is 16.3 Å². The van der Waals surface area contributed by atoms with Gasteiger partial charge in [0.1, 0.15) is 15.6 Å². The number of hydrogen-bond donors (Lipinski definition) is 0. The number of halogens is 2. The Labute approximate surface area is 133 Å². The van der Waals surface area contributed by atoms with E-state index in [2.05, 4.69) is 15.9 Å². The van der Waals surface area contributed by atoms with Crippen LogP contribution in [0.3, 0.4) is 0 Å². The van der Waals surface area contributed by atoms with Crippen LogP contribution in [0.15, 0.2) is 18.2 Å². The van der Waals surface area contributed by atoms with E-state index in [0.717, 1.165) is 30.6 Å². The van der Waals surface area contributed by atoms with Crippen LogP contribution in [0, 0.1) is 0 Å². The second kappa shape index (κ2) is 6.67. The van der Waals surface area contributed by atoms with E-state index >= 15 is 0 Å². The Morgan fingerprint density at radius 2 is 2.15 bits per heavy atom. The summed E-state index contributed by atoms with van der Waals surface area (Å²) in [7, 11) is -2.98. The van der Waals surface area contributed by atoms with Crippen molar-refractivity contribution in [2.75, 3.05) is 6.26 Å². The summed E-state index contributed by atoms with van der Waals surface area (Å²) in [6.07, 6.45) is 4.37. The normalized spacial score (nSPS) is 23.6. The molecule has 1 aromatic carbocycles. The minimum absolute atomic E-state index is 0.0394. The topological polar surface area (TPSA) is 43.4 Å². The number of sulfone groups is 1. The van der Waals surface area contributed by atoms with Crippen molar-refractivity contribution in [3.8, 4) is 5.75 Å². The molecule has 0 saturated heterocycles. The molecule has 112 valence electrons. The first-order chi connectivity index (χ1) is 9.40. The van der Waals surface area contributed by atoms with E-state index in [1.54, 1.807) is 6.07 Å². The van der Waals surface area contributed by atoms with Crippen LogP contribution in [0.5, 0.6) is 5.75 Å². The Morgan fingerprint density at radius 3 is 2.80 bits per heavy atom. The fourth-order valence-electron chi connectivity index (χ4n) is 2.55. The molecule has 0 spiro atoms. The Morgan fingerprint density at radius 1 is 1.40 bits per heavy atom. The van der Waals surface area contributed by atoms with Gasteiger partial charge in [-0.15, -0.1) is 0 Å². The molecule has 0 radical (unpaired) electrons. The first-order valence-electron chi connectivity index (χ1n) is 6.60.